The molecule has 1 heterocycles. The topological polar surface area (TPSA) is 139 Å². The normalized spacial score (nSPS) is 14.4. The van der Waals surface area contributed by atoms with Crippen LogP contribution in [0.15, 0.2) is 12.2 Å². The summed E-state index contributed by atoms with van der Waals surface area (Å²) in [6.07, 6.45) is 3.75. The van der Waals surface area contributed by atoms with E-state index in [4.69, 9.17) is 9.57 Å². The van der Waals surface area contributed by atoms with E-state index < -0.39 is 28.8 Å². The number of carbonyl (C=O) groups excluding carboxylic acids is 6. The molecule has 11 heteroatoms. The van der Waals surface area contributed by atoms with Crippen molar-refractivity contribution in [1.29, 1.82) is 0 Å². The van der Waals surface area contributed by atoms with E-state index in [-0.39, 0.29) is 44.2 Å². The highest BCUT2D eigenvalue weighted by molar-refractivity contribution is 6.01. The van der Waals surface area contributed by atoms with Crippen LogP contribution in [0.1, 0.15) is 59.8 Å². The van der Waals surface area contributed by atoms with Crippen molar-refractivity contribution in [3.8, 4) is 0 Å². The number of likely N-dealkylation sites (N-methyl/N-ethyl adjacent to an activating group) is 1. The Labute approximate surface area is 199 Å². The number of imide groups is 1. The molecule has 1 aliphatic rings. The van der Waals surface area contributed by atoms with Crippen LogP contribution in [0.5, 0.6) is 0 Å². The first kappa shape index (κ1) is 29.0. The highest BCUT2D eigenvalue weighted by Gasteiger charge is 2.38. The number of allylic oxidation sites excluding steroid dienone is 1. The van der Waals surface area contributed by atoms with E-state index in [1.807, 2.05) is 13.8 Å². The summed E-state index contributed by atoms with van der Waals surface area (Å²) < 4.78 is 5.88. The molecule has 0 aromatic heterocycles. The molecule has 0 aromatic rings. The lowest BCUT2D eigenvalue weighted by atomic mass is 9.90. The molecule has 0 spiro atoms. The van der Waals surface area contributed by atoms with Gasteiger partial charge in [0.05, 0.1) is 11.0 Å². The molecule has 0 aromatic carbocycles. The molecule has 1 aliphatic heterocycles. The molecule has 0 saturated carbocycles. The van der Waals surface area contributed by atoms with Crippen molar-refractivity contribution >= 4 is 35.9 Å². The summed E-state index contributed by atoms with van der Waals surface area (Å²) in [5.41, 5.74) is -1.56. The first-order valence-corrected chi connectivity index (χ1v) is 11.1. The molecule has 0 atom stereocenters. The van der Waals surface area contributed by atoms with Gasteiger partial charge in [-0.25, -0.2) is 4.79 Å². The largest absolute Gasteiger partial charge is 0.375 e. The van der Waals surface area contributed by atoms with Gasteiger partial charge in [-0.05, 0) is 46.6 Å². The van der Waals surface area contributed by atoms with Gasteiger partial charge in [0.2, 0.25) is 11.8 Å². The fourth-order valence-corrected chi connectivity index (χ4v) is 2.84. The molecule has 11 nitrogen and oxygen atoms in total. The fourth-order valence-electron chi connectivity index (χ4n) is 2.84. The van der Waals surface area contributed by atoms with Crippen LogP contribution in [0.25, 0.3) is 0 Å². The summed E-state index contributed by atoms with van der Waals surface area (Å²) in [7, 11) is 1.54. The van der Waals surface area contributed by atoms with E-state index >= 15 is 0 Å². The fraction of sp³-hybridized carbons (Fsp3) is 0.652. The van der Waals surface area contributed by atoms with E-state index in [2.05, 4.69) is 5.32 Å². The molecule has 1 rings (SSSR count). The molecule has 1 N–H and O–H groups in total. The van der Waals surface area contributed by atoms with Crippen LogP contribution >= 0.6 is 0 Å². The Morgan fingerprint density at radius 1 is 1.09 bits per heavy atom. The molecule has 0 unspecified atom stereocenters. The van der Waals surface area contributed by atoms with Gasteiger partial charge in [-0.2, -0.15) is 0 Å². The van der Waals surface area contributed by atoms with Gasteiger partial charge >= 0.3 is 5.97 Å². The van der Waals surface area contributed by atoms with Crippen LogP contribution in [0.4, 0.5) is 0 Å². The molecular formula is C23H35N3O8. The number of aldehydes is 1. The molecule has 0 radical (unpaired) electrons. The first-order chi connectivity index (χ1) is 15.8. The molecule has 4 amide bonds. The second kappa shape index (κ2) is 13.0. The Kier molecular flexibility index (Phi) is 11.0. The number of nitrogens with one attached hydrogen (secondary N) is 1. The average molecular weight is 482 g/mol. The number of carbonyl (C=O) groups is 6. The molecule has 0 bridgehead atoms. The summed E-state index contributed by atoms with van der Waals surface area (Å²) in [6.45, 7) is 7.81. The Bertz CT molecular complexity index is 803. The van der Waals surface area contributed by atoms with Crippen LogP contribution in [0.2, 0.25) is 0 Å². The van der Waals surface area contributed by atoms with Crippen LogP contribution in [-0.2, 0) is 38.3 Å². The third-order valence-corrected chi connectivity index (χ3v) is 5.37. The smallest absolute Gasteiger partial charge is 0.338 e. The van der Waals surface area contributed by atoms with Crippen molar-refractivity contribution < 1.29 is 38.3 Å². The predicted molar refractivity (Wildman–Crippen MR) is 121 cm³/mol. The van der Waals surface area contributed by atoms with E-state index in [9.17, 15) is 28.8 Å². The Hall–Kier alpha value is -3.08. The van der Waals surface area contributed by atoms with Crippen molar-refractivity contribution in [3.63, 3.8) is 0 Å². The zero-order chi connectivity index (χ0) is 25.9. The maximum atomic E-state index is 12.4. The standard InChI is InChI=1S/C23H35N3O8/c1-22(2,21(32)34-26-19(30)8-9-20(26)31)12-16-33-23(3,4)11-13-24-17(28)10-14-25(5)18(29)7-6-15-27/h6-7,15H,8-14,16H2,1-5H3,(H,24,28)/b7-6-. The van der Waals surface area contributed by atoms with Crippen LogP contribution in [0.3, 0.4) is 0 Å². The number of hydroxylamine groups is 2. The second-order valence-corrected chi connectivity index (χ2v) is 9.31. The van der Waals surface area contributed by atoms with Crippen molar-refractivity contribution in [2.75, 3.05) is 26.7 Å². The lowest BCUT2D eigenvalue weighted by Crippen LogP contribution is -2.39. The molecule has 0 aliphatic carbocycles. The summed E-state index contributed by atoms with van der Waals surface area (Å²) in [5.74, 6) is -2.32. The van der Waals surface area contributed by atoms with Gasteiger partial charge in [0.25, 0.3) is 11.8 Å². The van der Waals surface area contributed by atoms with Gasteiger partial charge in [0, 0.05) is 52.1 Å². The molecular weight excluding hydrogens is 446 g/mol. The van der Waals surface area contributed by atoms with E-state index in [0.29, 0.717) is 30.7 Å². The second-order valence-electron chi connectivity index (χ2n) is 9.31. The first-order valence-electron chi connectivity index (χ1n) is 11.1. The Balaban J connectivity index is 2.33. The number of rotatable bonds is 14. The minimum absolute atomic E-state index is 0.0357. The van der Waals surface area contributed by atoms with Crippen LogP contribution in [-0.4, -0.2) is 78.2 Å². The SMILES string of the molecule is CN(CCC(=O)NCCC(C)(C)OCCC(C)(C)C(=O)ON1C(=O)CCC1=O)C(=O)/C=C\C=O. The summed E-state index contributed by atoms with van der Waals surface area (Å²) >= 11 is 0. The van der Waals surface area contributed by atoms with Gasteiger partial charge in [-0.3, -0.25) is 24.0 Å². The van der Waals surface area contributed by atoms with Crippen molar-refractivity contribution in [2.45, 2.75) is 65.4 Å². The van der Waals surface area contributed by atoms with E-state index in [1.165, 1.54) is 4.90 Å². The molecule has 1 saturated heterocycles. The monoisotopic (exact) mass is 481 g/mol. The quantitative estimate of drug-likeness (QED) is 0.219. The average Bonchev–Trinajstić information content (AvgIpc) is 3.07. The maximum Gasteiger partial charge on any atom is 0.338 e. The highest BCUT2D eigenvalue weighted by atomic mass is 16.7. The molecule has 34 heavy (non-hydrogen) atoms. The van der Waals surface area contributed by atoms with Gasteiger partial charge in [-0.15, -0.1) is 5.06 Å². The summed E-state index contributed by atoms with van der Waals surface area (Å²) in [4.78, 5) is 75.9. The Morgan fingerprint density at radius 2 is 1.71 bits per heavy atom. The summed E-state index contributed by atoms with van der Waals surface area (Å²) in [5, 5.41) is 3.31. The zero-order valence-electron chi connectivity index (χ0n) is 20.5. The van der Waals surface area contributed by atoms with Crippen molar-refractivity contribution in [1.82, 2.24) is 15.3 Å². The van der Waals surface area contributed by atoms with Gasteiger partial charge in [-0.1, -0.05) is 0 Å². The number of ether oxygens (including phenoxy) is 1. The minimum atomic E-state index is -0.974. The van der Waals surface area contributed by atoms with Crippen LogP contribution < -0.4 is 5.32 Å². The van der Waals surface area contributed by atoms with Gasteiger partial charge in [0.1, 0.15) is 6.29 Å². The minimum Gasteiger partial charge on any atom is -0.375 e. The number of hydrogen-bond acceptors (Lipinski definition) is 8. The van der Waals surface area contributed by atoms with E-state index in [1.54, 1.807) is 20.9 Å². The summed E-state index contributed by atoms with van der Waals surface area (Å²) in [6, 6.07) is 0. The molecule has 1 fully saturated rings. The lowest BCUT2D eigenvalue weighted by Gasteiger charge is -2.29. The predicted octanol–water partition coefficient (Wildman–Crippen LogP) is 0.915. The maximum absolute atomic E-state index is 12.4. The van der Waals surface area contributed by atoms with E-state index in [0.717, 1.165) is 12.2 Å². The van der Waals surface area contributed by atoms with Crippen molar-refractivity contribution in [2.24, 2.45) is 5.41 Å². The third kappa shape index (κ3) is 9.82. The van der Waals surface area contributed by atoms with Gasteiger partial charge in [0.15, 0.2) is 0 Å². The molecule has 190 valence electrons. The van der Waals surface area contributed by atoms with Gasteiger partial charge < -0.3 is 19.8 Å². The third-order valence-electron chi connectivity index (χ3n) is 5.37. The van der Waals surface area contributed by atoms with Crippen molar-refractivity contribution in [3.05, 3.63) is 12.2 Å². The highest BCUT2D eigenvalue weighted by Crippen LogP contribution is 2.26. The van der Waals surface area contributed by atoms with Crippen LogP contribution in [0, 0.1) is 5.41 Å². The lowest BCUT2D eigenvalue weighted by molar-refractivity contribution is -0.205. The number of hydrogen-bond donors (Lipinski definition) is 1. The number of nitrogens with zero attached hydrogens (tertiary/aromatic N) is 2. The zero-order valence-corrected chi connectivity index (χ0v) is 20.5. The Morgan fingerprint density at radius 3 is 2.29 bits per heavy atom. The number of amides is 4.